The van der Waals surface area contributed by atoms with Crippen LogP contribution in [0.25, 0.3) is 0 Å². The average molecular weight is 376 g/mol. The first-order chi connectivity index (χ1) is 13.3. The predicted molar refractivity (Wildman–Crippen MR) is 119 cm³/mol. The summed E-state index contributed by atoms with van der Waals surface area (Å²) in [6.07, 6.45) is 22.6. The summed E-state index contributed by atoms with van der Waals surface area (Å²) in [7, 11) is 0. The van der Waals surface area contributed by atoms with Crippen molar-refractivity contribution in [1.82, 2.24) is 5.32 Å². The largest absolute Gasteiger partial charge is 0.508 e. The van der Waals surface area contributed by atoms with Crippen molar-refractivity contribution < 1.29 is 5.11 Å². The molecule has 2 nitrogen and oxygen atoms in total. The molecule has 0 atom stereocenters. The minimum atomic E-state index is 0.400. The lowest BCUT2D eigenvalue weighted by Gasteiger charge is -2.07. The van der Waals surface area contributed by atoms with Gasteiger partial charge in [0, 0.05) is 12.1 Å². The zero-order valence-electron chi connectivity index (χ0n) is 18.0. The summed E-state index contributed by atoms with van der Waals surface area (Å²) in [5.41, 5.74) is 0.994. The van der Waals surface area contributed by atoms with Gasteiger partial charge in [-0.15, -0.1) is 0 Å². The molecule has 1 aromatic carbocycles. The molecule has 2 heteroatoms. The van der Waals surface area contributed by atoms with Gasteiger partial charge in [0.1, 0.15) is 5.75 Å². The Balaban J connectivity index is 1.73. The minimum Gasteiger partial charge on any atom is -0.508 e. The van der Waals surface area contributed by atoms with E-state index in [2.05, 4.69) is 12.2 Å². The number of hydrogen-bond acceptors (Lipinski definition) is 2. The second kappa shape index (κ2) is 18.3. The molecule has 0 aromatic heterocycles. The van der Waals surface area contributed by atoms with E-state index in [9.17, 15) is 5.11 Å². The van der Waals surface area contributed by atoms with E-state index >= 15 is 0 Å². The average Bonchev–Trinajstić information content (AvgIpc) is 2.68. The standard InChI is InChI=1S/C25H45NO/c1-2-3-4-5-6-7-8-9-10-11-12-13-14-15-16-19-22-26-23-24-20-17-18-21-25(24)27/h17-18,20-21,26-27H,2-16,19,22-23H2,1H3. The molecule has 27 heavy (non-hydrogen) atoms. The Hall–Kier alpha value is -1.02. The molecular weight excluding hydrogens is 330 g/mol. The molecule has 0 spiro atoms. The summed E-state index contributed by atoms with van der Waals surface area (Å²) in [6, 6.07) is 7.58. The lowest BCUT2D eigenvalue weighted by Crippen LogP contribution is -2.14. The molecule has 1 aromatic rings. The van der Waals surface area contributed by atoms with Crippen molar-refractivity contribution in [2.45, 2.75) is 116 Å². The van der Waals surface area contributed by atoms with Gasteiger partial charge in [0.15, 0.2) is 0 Å². The summed E-state index contributed by atoms with van der Waals surface area (Å²) < 4.78 is 0. The summed E-state index contributed by atoms with van der Waals surface area (Å²) >= 11 is 0. The Morgan fingerprint density at radius 1 is 0.630 bits per heavy atom. The summed E-state index contributed by atoms with van der Waals surface area (Å²) in [5.74, 6) is 0.400. The molecule has 0 unspecified atom stereocenters. The van der Waals surface area contributed by atoms with Crippen LogP contribution in [-0.4, -0.2) is 11.7 Å². The maximum absolute atomic E-state index is 9.71. The number of aromatic hydroxyl groups is 1. The lowest BCUT2D eigenvalue weighted by atomic mass is 10.0. The van der Waals surface area contributed by atoms with Crippen LogP contribution in [0.3, 0.4) is 0 Å². The van der Waals surface area contributed by atoms with Gasteiger partial charge < -0.3 is 10.4 Å². The second-order valence-electron chi connectivity index (χ2n) is 8.11. The van der Waals surface area contributed by atoms with Crippen LogP contribution in [0.15, 0.2) is 24.3 Å². The number of nitrogens with one attached hydrogen (secondary N) is 1. The Kier molecular flexibility index (Phi) is 16.3. The second-order valence-corrected chi connectivity index (χ2v) is 8.11. The molecule has 0 aliphatic heterocycles. The van der Waals surface area contributed by atoms with E-state index in [0.29, 0.717) is 5.75 Å². The summed E-state index contributed by atoms with van der Waals surface area (Å²) in [5, 5.41) is 13.1. The zero-order valence-corrected chi connectivity index (χ0v) is 18.0. The fourth-order valence-corrected chi connectivity index (χ4v) is 3.68. The molecule has 0 bridgehead atoms. The van der Waals surface area contributed by atoms with Gasteiger partial charge in [0.2, 0.25) is 0 Å². The van der Waals surface area contributed by atoms with Crippen molar-refractivity contribution in [2.75, 3.05) is 6.54 Å². The third kappa shape index (κ3) is 14.7. The SMILES string of the molecule is CCCCCCCCCCCCCCCCCCNCc1ccccc1O. The Bertz CT molecular complexity index is 432. The molecule has 0 saturated heterocycles. The van der Waals surface area contributed by atoms with Gasteiger partial charge in [-0.1, -0.05) is 121 Å². The first kappa shape index (κ1) is 24.0. The van der Waals surface area contributed by atoms with Gasteiger partial charge >= 0.3 is 0 Å². The molecule has 0 radical (unpaired) electrons. The van der Waals surface area contributed by atoms with Crippen LogP contribution >= 0.6 is 0 Å². The molecule has 0 aliphatic carbocycles. The first-order valence-electron chi connectivity index (χ1n) is 11.8. The van der Waals surface area contributed by atoms with Crippen LogP contribution in [0, 0.1) is 0 Å². The molecule has 0 heterocycles. The molecular formula is C25H45NO. The van der Waals surface area contributed by atoms with Crippen LogP contribution < -0.4 is 5.32 Å². The van der Waals surface area contributed by atoms with Crippen LogP contribution in [-0.2, 0) is 6.54 Å². The first-order valence-corrected chi connectivity index (χ1v) is 11.8. The highest BCUT2D eigenvalue weighted by molar-refractivity contribution is 5.31. The van der Waals surface area contributed by atoms with Gasteiger partial charge in [-0.3, -0.25) is 0 Å². The normalized spacial score (nSPS) is 11.1. The van der Waals surface area contributed by atoms with Gasteiger partial charge in [-0.25, -0.2) is 0 Å². The van der Waals surface area contributed by atoms with Crippen molar-refractivity contribution in [3.05, 3.63) is 29.8 Å². The van der Waals surface area contributed by atoms with E-state index in [4.69, 9.17) is 0 Å². The minimum absolute atomic E-state index is 0.400. The van der Waals surface area contributed by atoms with Gasteiger partial charge in [0.25, 0.3) is 0 Å². The molecule has 156 valence electrons. The van der Waals surface area contributed by atoms with E-state index in [1.807, 2.05) is 18.2 Å². The quantitative estimate of drug-likeness (QED) is 0.242. The fourth-order valence-electron chi connectivity index (χ4n) is 3.68. The van der Waals surface area contributed by atoms with Gasteiger partial charge in [-0.05, 0) is 19.0 Å². The highest BCUT2D eigenvalue weighted by atomic mass is 16.3. The third-order valence-corrected chi connectivity index (χ3v) is 5.51. The topological polar surface area (TPSA) is 32.3 Å². The van der Waals surface area contributed by atoms with Crippen molar-refractivity contribution in [2.24, 2.45) is 0 Å². The van der Waals surface area contributed by atoms with Crippen molar-refractivity contribution in [3.63, 3.8) is 0 Å². The smallest absolute Gasteiger partial charge is 0.120 e. The van der Waals surface area contributed by atoms with Gasteiger partial charge in [0.05, 0.1) is 0 Å². The molecule has 0 fully saturated rings. The van der Waals surface area contributed by atoms with Crippen molar-refractivity contribution in [1.29, 1.82) is 0 Å². The molecule has 0 amide bonds. The number of benzene rings is 1. The van der Waals surface area contributed by atoms with Crippen LogP contribution in [0.1, 0.15) is 115 Å². The highest BCUT2D eigenvalue weighted by Gasteiger charge is 1.98. The molecule has 1 rings (SSSR count). The number of rotatable bonds is 19. The Morgan fingerprint density at radius 3 is 1.56 bits per heavy atom. The third-order valence-electron chi connectivity index (χ3n) is 5.51. The molecule has 0 saturated carbocycles. The summed E-state index contributed by atoms with van der Waals surface area (Å²) in [6.45, 7) is 4.11. The Labute approximate surface area is 169 Å². The summed E-state index contributed by atoms with van der Waals surface area (Å²) in [4.78, 5) is 0. The van der Waals surface area contributed by atoms with Gasteiger partial charge in [-0.2, -0.15) is 0 Å². The highest BCUT2D eigenvalue weighted by Crippen LogP contribution is 2.15. The maximum atomic E-state index is 9.71. The Morgan fingerprint density at radius 2 is 1.07 bits per heavy atom. The monoisotopic (exact) mass is 375 g/mol. The van der Waals surface area contributed by atoms with Crippen molar-refractivity contribution >= 4 is 0 Å². The fraction of sp³-hybridized carbons (Fsp3) is 0.760. The molecule has 0 aliphatic rings. The number of para-hydroxylation sites is 1. The van der Waals surface area contributed by atoms with E-state index in [1.54, 1.807) is 6.07 Å². The van der Waals surface area contributed by atoms with Crippen molar-refractivity contribution in [3.8, 4) is 5.75 Å². The van der Waals surface area contributed by atoms with E-state index < -0.39 is 0 Å². The molecule has 2 N–H and O–H groups in total. The number of hydrogen-bond donors (Lipinski definition) is 2. The van der Waals surface area contributed by atoms with Crippen LogP contribution in [0.4, 0.5) is 0 Å². The van der Waals surface area contributed by atoms with E-state index in [0.717, 1.165) is 18.7 Å². The van der Waals surface area contributed by atoms with E-state index in [1.165, 1.54) is 103 Å². The van der Waals surface area contributed by atoms with Crippen LogP contribution in [0.5, 0.6) is 5.75 Å². The number of unbranched alkanes of at least 4 members (excludes halogenated alkanes) is 15. The zero-order chi connectivity index (χ0) is 19.4. The number of phenols is 1. The maximum Gasteiger partial charge on any atom is 0.120 e. The number of phenolic OH excluding ortho intramolecular Hbond substituents is 1. The predicted octanol–water partition coefficient (Wildman–Crippen LogP) is 7.74. The lowest BCUT2D eigenvalue weighted by molar-refractivity contribution is 0.463. The van der Waals surface area contributed by atoms with E-state index in [-0.39, 0.29) is 0 Å². The van der Waals surface area contributed by atoms with Crippen LogP contribution in [0.2, 0.25) is 0 Å².